The maximum atomic E-state index is 13.0. The fourth-order valence-corrected chi connectivity index (χ4v) is 3.87. The molecule has 0 saturated carbocycles. The first-order valence-electron chi connectivity index (χ1n) is 9.83. The number of nitrogens with zero attached hydrogens (tertiary/aromatic N) is 2. The highest BCUT2D eigenvalue weighted by molar-refractivity contribution is 7.99. The molecular weight excluding hydrogens is 441 g/mol. The monoisotopic (exact) mass is 463 g/mol. The van der Waals surface area contributed by atoms with Crippen molar-refractivity contribution in [3.63, 3.8) is 0 Å². The molecule has 0 aliphatic carbocycles. The van der Waals surface area contributed by atoms with E-state index in [0.717, 1.165) is 11.8 Å². The molecule has 0 spiro atoms. The number of ether oxygens (including phenoxy) is 1. The number of thioether (sulfide) groups is 1. The maximum Gasteiger partial charge on any atom is 0.262 e. The lowest BCUT2D eigenvalue weighted by molar-refractivity contribution is -0.113. The van der Waals surface area contributed by atoms with Crippen molar-refractivity contribution in [1.29, 1.82) is 0 Å². The van der Waals surface area contributed by atoms with Crippen LogP contribution in [0.15, 0.2) is 52.4 Å². The third-order valence-corrected chi connectivity index (χ3v) is 5.53. The third kappa shape index (κ3) is 6.53. The van der Waals surface area contributed by atoms with Gasteiger partial charge in [0.05, 0.1) is 22.8 Å². The summed E-state index contributed by atoms with van der Waals surface area (Å²) in [7, 11) is 0. The number of nitrogens with one attached hydrogen (secondary N) is 1. The minimum Gasteiger partial charge on any atom is -0.379 e. The van der Waals surface area contributed by atoms with E-state index >= 15 is 0 Å². The molecule has 164 valence electrons. The first kappa shape index (κ1) is 23.2. The number of amides is 1. The number of fused-ring (bicyclic) bond motifs is 1. The van der Waals surface area contributed by atoms with Crippen LogP contribution in [0.3, 0.4) is 0 Å². The molecule has 1 N–H and O–H groups in total. The van der Waals surface area contributed by atoms with Crippen LogP contribution >= 0.6 is 23.4 Å². The summed E-state index contributed by atoms with van der Waals surface area (Å²) in [5.74, 6) is -0.623. The number of hydrogen-bond acceptors (Lipinski definition) is 5. The van der Waals surface area contributed by atoms with Crippen molar-refractivity contribution in [1.82, 2.24) is 9.55 Å². The summed E-state index contributed by atoms with van der Waals surface area (Å²) >= 11 is 7.22. The molecule has 0 atom stereocenters. The second kappa shape index (κ2) is 10.7. The molecule has 0 aliphatic rings. The van der Waals surface area contributed by atoms with Crippen LogP contribution in [0.5, 0.6) is 0 Å². The number of rotatable bonds is 9. The fourth-order valence-electron chi connectivity index (χ4n) is 2.88. The number of anilines is 1. The normalized spacial score (nSPS) is 11.3. The molecule has 3 aromatic rings. The number of halogens is 2. The van der Waals surface area contributed by atoms with E-state index < -0.39 is 0 Å². The van der Waals surface area contributed by atoms with E-state index in [9.17, 15) is 14.0 Å². The summed E-state index contributed by atoms with van der Waals surface area (Å²) < 4.78 is 20.2. The van der Waals surface area contributed by atoms with Crippen LogP contribution in [0.4, 0.5) is 10.1 Å². The van der Waals surface area contributed by atoms with Crippen molar-refractivity contribution in [2.24, 2.45) is 0 Å². The molecule has 0 unspecified atom stereocenters. The zero-order chi connectivity index (χ0) is 22.4. The third-order valence-electron chi connectivity index (χ3n) is 4.32. The predicted octanol–water partition coefficient (Wildman–Crippen LogP) is 4.73. The molecule has 0 fully saturated rings. The Bertz CT molecular complexity index is 1120. The molecule has 0 bridgehead atoms. The van der Waals surface area contributed by atoms with Crippen LogP contribution < -0.4 is 10.9 Å². The molecule has 2 aromatic carbocycles. The summed E-state index contributed by atoms with van der Waals surface area (Å²) in [6, 6.07) is 10.5. The summed E-state index contributed by atoms with van der Waals surface area (Å²) in [6.45, 7) is 4.83. The van der Waals surface area contributed by atoms with Crippen LogP contribution in [0.25, 0.3) is 10.9 Å². The highest BCUT2D eigenvalue weighted by atomic mass is 35.5. The average molecular weight is 464 g/mol. The van der Waals surface area contributed by atoms with Gasteiger partial charge in [0.2, 0.25) is 5.91 Å². The molecule has 0 aliphatic heterocycles. The van der Waals surface area contributed by atoms with Crippen LogP contribution in [0, 0.1) is 5.82 Å². The fraction of sp³-hybridized carbons (Fsp3) is 0.318. The Morgan fingerprint density at radius 2 is 2.00 bits per heavy atom. The molecule has 1 heterocycles. The molecule has 31 heavy (non-hydrogen) atoms. The van der Waals surface area contributed by atoms with Gasteiger partial charge in [0.15, 0.2) is 5.16 Å². The number of benzene rings is 2. The SMILES string of the molecule is CC(C)OCCCn1c(SCC(=O)Nc2ccc(F)cc2)nc2cc(Cl)ccc2c1=O. The minimum absolute atomic E-state index is 0.0401. The van der Waals surface area contributed by atoms with Gasteiger partial charge in [-0.25, -0.2) is 9.37 Å². The van der Waals surface area contributed by atoms with Gasteiger partial charge in [0.25, 0.3) is 5.56 Å². The number of carbonyl (C=O) groups is 1. The second-order valence-electron chi connectivity index (χ2n) is 7.13. The maximum absolute atomic E-state index is 13.0. The number of aromatic nitrogens is 2. The van der Waals surface area contributed by atoms with Crippen molar-refractivity contribution < 1.29 is 13.9 Å². The summed E-state index contributed by atoms with van der Waals surface area (Å²) in [6.07, 6.45) is 0.742. The topological polar surface area (TPSA) is 73.2 Å². The van der Waals surface area contributed by atoms with Crippen LogP contribution in [0.1, 0.15) is 20.3 Å². The predicted molar refractivity (Wildman–Crippen MR) is 122 cm³/mol. The molecular formula is C22H23ClFN3O3S. The van der Waals surface area contributed by atoms with Gasteiger partial charge < -0.3 is 10.1 Å². The smallest absolute Gasteiger partial charge is 0.262 e. The second-order valence-corrected chi connectivity index (χ2v) is 8.51. The largest absolute Gasteiger partial charge is 0.379 e. The van der Waals surface area contributed by atoms with E-state index in [-0.39, 0.29) is 29.1 Å². The Morgan fingerprint density at radius 3 is 2.71 bits per heavy atom. The zero-order valence-electron chi connectivity index (χ0n) is 17.2. The van der Waals surface area contributed by atoms with Crippen LogP contribution in [-0.2, 0) is 16.1 Å². The molecule has 0 saturated heterocycles. The summed E-state index contributed by atoms with van der Waals surface area (Å²) in [5.41, 5.74) is 0.787. The lowest BCUT2D eigenvalue weighted by atomic mass is 10.2. The van der Waals surface area contributed by atoms with Gasteiger partial charge in [-0.1, -0.05) is 23.4 Å². The standard InChI is InChI=1S/C22H23ClFN3O3S/c1-14(2)30-11-3-10-27-21(29)18-9-4-15(23)12-19(18)26-22(27)31-13-20(28)25-17-7-5-16(24)6-8-17/h4-9,12,14H,3,10-11,13H2,1-2H3,(H,25,28). The molecule has 0 radical (unpaired) electrons. The Labute approximate surface area is 188 Å². The Morgan fingerprint density at radius 1 is 1.26 bits per heavy atom. The lowest BCUT2D eigenvalue weighted by Crippen LogP contribution is -2.25. The van der Waals surface area contributed by atoms with Gasteiger partial charge in [0, 0.05) is 23.9 Å². The van der Waals surface area contributed by atoms with E-state index in [4.69, 9.17) is 16.3 Å². The minimum atomic E-state index is -0.378. The van der Waals surface area contributed by atoms with E-state index in [1.165, 1.54) is 24.3 Å². The average Bonchev–Trinajstić information content (AvgIpc) is 2.72. The molecule has 3 rings (SSSR count). The highest BCUT2D eigenvalue weighted by Crippen LogP contribution is 2.21. The van der Waals surface area contributed by atoms with E-state index in [1.807, 2.05) is 13.8 Å². The first-order valence-corrected chi connectivity index (χ1v) is 11.2. The quantitative estimate of drug-likeness (QED) is 0.282. The van der Waals surface area contributed by atoms with Crippen molar-refractivity contribution in [2.75, 3.05) is 17.7 Å². The van der Waals surface area contributed by atoms with Gasteiger partial charge >= 0.3 is 0 Å². The highest BCUT2D eigenvalue weighted by Gasteiger charge is 2.14. The van der Waals surface area contributed by atoms with Crippen LogP contribution in [0.2, 0.25) is 5.02 Å². The zero-order valence-corrected chi connectivity index (χ0v) is 18.8. The molecule has 1 amide bonds. The van der Waals surface area contributed by atoms with Gasteiger partial charge in [-0.15, -0.1) is 0 Å². The molecule has 9 heteroatoms. The Kier molecular flexibility index (Phi) is 8.06. The van der Waals surface area contributed by atoms with Crippen molar-refractivity contribution >= 4 is 45.9 Å². The van der Waals surface area contributed by atoms with E-state index in [2.05, 4.69) is 10.3 Å². The van der Waals surface area contributed by atoms with Crippen molar-refractivity contribution in [2.45, 2.75) is 38.1 Å². The van der Waals surface area contributed by atoms with Gasteiger partial charge in [-0.3, -0.25) is 14.2 Å². The molecule has 6 nitrogen and oxygen atoms in total. The lowest BCUT2D eigenvalue weighted by Gasteiger charge is -2.14. The Balaban J connectivity index is 1.78. The van der Waals surface area contributed by atoms with Crippen molar-refractivity contribution in [3.05, 3.63) is 63.7 Å². The summed E-state index contributed by atoms with van der Waals surface area (Å²) in [4.78, 5) is 30.0. The first-order chi connectivity index (χ1) is 14.8. The molecule has 1 aromatic heterocycles. The van der Waals surface area contributed by atoms with Crippen LogP contribution in [-0.4, -0.2) is 33.9 Å². The summed E-state index contributed by atoms with van der Waals surface area (Å²) in [5, 5.41) is 4.08. The van der Waals surface area contributed by atoms with Crippen molar-refractivity contribution in [3.8, 4) is 0 Å². The van der Waals surface area contributed by atoms with Gasteiger partial charge in [-0.05, 0) is 62.7 Å². The number of carbonyl (C=O) groups excluding carboxylic acids is 1. The van der Waals surface area contributed by atoms with E-state index in [0.29, 0.717) is 46.3 Å². The Hall–Kier alpha value is -2.42. The van der Waals surface area contributed by atoms with Gasteiger partial charge in [-0.2, -0.15) is 0 Å². The van der Waals surface area contributed by atoms with E-state index in [1.54, 1.807) is 22.8 Å². The number of hydrogen-bond donors (Lipinski definition) is 1. The van der Waals surface area contributed by atoms with Gasteiger partial charge in [0.1, 0.15) is 5.82 Å².